The Morgan fingerprint density at radius 3 is 3.00 bits per heavy atom. The highest BCUT2D eigenvalue weighted by Gasteiger charge is 2.08. The van der Waals surface area contributed by atoms with Crippen LogP contribution in [0.4, 0.5) is 0 Å². The first-order chi connectivity index (χ1) is 6.15. The van der Waals surface area contributed by atoms with Crippen LogP contribution >= 0.6 is 39.3 Å². The van der Waals surface area contributed by atoms with Crippen molar-refractivity contribution in [2.45, 2.75) is 24.1 Å². The summed E-state index contributed by atoms with van der Waals surface area (Å²) >= 11 is 10.9. The maximum absolute atomic E-state index is 5.73. The lowest BCUT2D eigenvalue weighted by Gasteiger charge is -2.08. The first-order valence-electron chi connectivity index (χ1n) is 3.99. The van der Waals surface area contributed by atoms with Gasteiger partial charge in [-0.15, -0.1) is 23.4 Å². The minimum Gasteiger partial charge on any atom is -0.249 e. The summed E-state index contributed by atoms with van der Waals surface area (Å²) in [6.07, 6.45) is 1.82. The Morgan fingerprint density at radius 2 is 2.38 bits per heavy atom. The van der Waals surface area contributed by atoms with Crippen molar-refractivity contribution in [3.8, 4) is 0 Å². The van der Waals surface area contributed by atoms with Gasteiger partial charge < -0.3 is 0 Å². The minimum atomic E-state index is 0.396. The van der Waals surface area contributed by atoms with E-state index in [1.807, 2.05) is 12.3 Å². The van der Waals surface area contributed by atoms with E-state index in [4.69, 9.17) is 11.6 Å². The second kappa shape index (κ2) is 5.23. The molecule has 1 heterocycles. The van der Waals surface area contributed by atoms with Gasteiger partial charge in [-0.25, -0.2) is 4.98 Å². The molecule has 0 fully saturated rings. The van der Waals surface area contributed by atoms with Crippen molar-refractivity contribution in [1.29, 1.82) is 0 Å². The number of thioether (sulfide) groups is 1. The van der Waals surface area contributed by atoms with Crippen molar-refractivity contribution in [3.05, 3.63) is 22.3 Å². The molecule has 0 amide bonds. The Kier molecular flexibility index (Phi) is 4.56. The number of hydrogen-bond acceptors (Lipinski definition) is 2. The largest absolute Gasteiger partial charge is 0.249 e. The molecule has 4 heteroatoms. The summed E-state index contributed by atoms with van der Waals surface area (Å²) in [7, 11) is 0. The van der Waals surface area contributed by atoms with Gasteiger partial charge in [-0.2, -0.15) is 0 Å². The van der Waals surface area contributed by atoms with Gasteiger partial charge in [0.25, 0.3) is 0 Å². The lowest BCUT2D eigenvalue weighted by Crippen LogP contribution is -1.98. The monoisotopic (exact) mass is 279 g/mol. The van der Waals surface area contributed by atoms with Gasteiger partial charge in [-0.1, -0.05) is 6.92 Å². The van der Waals surface area contributed by atoms with Crippen LogP contribution in [0.15, 0.2) is 21.8 Å². The molecule has 0 bridgehead atoms. The summed E-state index contributed by atoms with van der Waals surface area (Å²) in [5, 5.41) is 1.42. The van der Waals surface area contributed by atoms with Crippen LogP contribution in [0.2, 0.25) is 0 Å². The molecule has 1 unspecified atom stereocenters. The first-order valence-corrected chi connectivity index (χ1v) is 6.19. The zero-order chi connectivity index (χ0) is 9.84. The normalized spacial score (nSPS) is 12.9. The number of alkyl halides is 1. The number of nitrogens with zero attached hydrogens (tertiary/aromatic N) is 1. The number of halogens is 2. The van der Waals surface area contributed by atoms with E-state index in [1.54, 1.807) is 11.8 Å². The number of rotatable bonds is 3. The van der Waals surface area contributed by atoms with E-state index in [1.165, 1.54) is 5.56 Å². The molecule has 0 aliphatic heterocycles. The van der Waals surface area contributed by atoms with Gasteiger partial charge in [0, 0.05) is 17.3 Å². The minimum absolute atomic E-state index is 0.396. The van der Waals surface area contributed by atoms with Crippen molar-refractivity contribution in [3.63, 3.8) is 0 Å². The second-order valence-corrected chi connectivity index (χ2v) is 5.36. The number of aryl methyl sites for hydroxylation is 1. The summed E-state index contributed by atoms with van der Waals surface area (Å²) in [5.74, 6) is 0.646. The fourth-order valence-electron chi connectivity index (χ4n) is 0.819. The van der Waals surface area contributed by atoms with E-state index in [0.717, 1.165) is 9.50 Å². The van der Waals surface area contributed by atoms with Crippen molar-refractivity contribution >= 4 is 39.3 Å². The zero-order valence-electron chi connectivity index (χ0n) is 7.55. The quantitative estimate of drug-likeness (QED) is 0.616. The molecule has 0 aliphatic rings. The maximum Gasteiger partial charge on any atom is 0.111 e. The fourth-order valence-corrected chi connectivity index (χ4v) is 2.35. The van der Waals surface area contributed by atoms with E-state index < -0.39 is 0 Å². The van der Waals surface area contributed by atoms with E-state index in [9.17, 15) is 0 Å². The topological polar surface area (TPSA) is 12.9 Å². The summed E-state index contributed by atoms with van der Waals surface area (Å²) in [4.78, 5) is 4.28. The molecule has 0 aliphatic carbocycles. The molecule has 1 aromatic heterocycles. The fraction of sp³-hybridized carbons (Fsp3) is 0.444. The van der Waals surface area contributed by atoms with Crippen LogP contribution in [-0.2, 0) is 0 Å². The van der Waals surface area contributed by atoms with Crippen LogP contribution < -0.4 is 0 Å². The van der Waals surface area contributed by atoms with Crippen LogP contribution in [0.1, 0.15) is 12.5 Å². The Bertz CT molecular complexity index is 293. The first kappa shape index (κ1) is 11.3. The summed E-state index contributed by atoms with van der Waals surface area (Å²) in [5.41, 5.74) is 1.21. The maximum atomic E-state index is 5.73. The molecule has 13 heavy (non-hydrogen) atoms. The number of pyridine rings is 1. The van der Waals surface area contributed by atoms with Gasteiger partial charge in [0.2, 0.25) is 0 Å². The van der Waals surface area contributed by atoms with Gasteiger partial charge in [-0.3, -0.25) is 0 Å². The van der Waals surface area contributed by atoms with Crippen molar-refractivity contribution in [1.82, 2.24) is 4.98 Å². The SMILES string of the molecule is Cc1ccnc(SC(C)CCl)c1Br. The van der Waals surface area contributed by atoms with Gasteiger partial charge >= 0.3 is 0 Å². The third kappa shape index (κ3) is 3.15. The molecule has 0 N–H and O–H groups in total. The third-order valence-electron chi connectivity index (χ3n) is 1.58. The average Bonchev–Trinajstić information content (AvgIpc) is 2.13. The van der Waals surface area contributed by atoms with Crippen LogP contribution in [0.3, 0.4) is 0 Å². The van der Waals surface area contributed by atoms with E-state index in [-0.39, 0.29) is 0 Å². The van der Waals surface area contributed by atoms with Crippen LogP contribution in [0.25, 0.3) is 0 Å². The Hall–Kier alpha value is 0.270. The standard InChI is InChI=1S/C9H11BrClNS/c1-6-3-4-12-9(8(6)10)13-7(2)5-11/h3-4,7H,5H2,1-2H3. The summed E-state index contributed by atoms with van der Waals surface area (Å²) < 4.78 is 1.08. The molecule has 0 radical (unpaired) electrons. The van der Waals surface area contributed by atoms with Gasteiger partial charge in [-0.05, 0) is 34.5 Å². The predicted molar refractivity (Wildman–Crippen MR) is 62.7 cm³/mol. The number of hydrogen-bond donors (Lipinski definition) is 0. The second-order valence-electron chi connectivity index (χ2n) is 2.83. The molecule has 1 nitrogen and oxygen atoms in total. The van der Waals surface area contributed by atoms with Gasteiger partial charge in [0.1, 0.15) is 5.03 Å². The van der Waals surface area contributed by atoms with E-state index in [0.29, 0.717) is 11.1 Å². The molecule has 72 valence electrons. The lowest BCUT2D eigenvalue weighted by molar-refractivity contribution is 1.05. The average molecular weight is 281 g/mol. The van der Waals surface area contributed by atoms with Crippen molar-refractivity contribution in [2.24, 2.45) is 0 Å². The van der Waals surface area contributed by atoms with Gasteiger partial charge in [0.05, 0.1) is 4.47 Å². The molecule has 0 saturated carbocycles. The Labute approximate surface area is 96.4 Å². The van der Waals surface area contributed by atoms with Gasteiger partial charge in [0.15, 0.2) is 0 Å². The molecule has 0 saturated heterocycles. The zero-order valence-corrected chi connectivity index (χ0v) is 10.7. The molecular weight excluding hydrogens is 270 g/mol. The number of aromatic nitrogens is 1. The van der Waals surface area contributed by atoms with Crippen molar-refractivity contribution < 1.29 is 0 Å². The highest BCUT2D eigenvalue weighted by molar-refractivity contribution is 9.10. The predicted octanol–water partition coefficient (Wildman–Crippen LogP) is 3.87. The Morgan fingerprint density at radius 1 is 1.69 bits per heavy atom. The highest BCUT2D eigenvalue weighted by atomic mass is 79.9. The molecule has 1 rings (SSSR count). The summed E-state index contributed by atoms with van der Waals surface area (Å²) in [6.45, 7) is 4.15. The van der Waals surface area contributed by atoms with Crippen LogP contribution in [0, 0.1) is 6.92 Å². The van der Waals surface area contributed by atoms with Crippen molar-refractivity contribution in [2.75, 3.05) is 5.88 Å². The molecule has 1 atom stereocenters. The van der Waals surface area contributed by atoms with E-state index in [2.05, 4.69) is 34.8 Å². The highest BCUT2D eigenvalue weighted by Crippen LogP contribution is 2.30. The molecule has 0 spiro atoms. The molecular formula is C9H11BrClNS. The Balaban J connectivity index is 2.83. The van der Waals surface area contributed by atoms with Crippen LogP contribution in [-0.4, -0.2) is 16.1 Å². The lowest BCUT2D eigenvalue weighted by atomic mass is 10.3. The third-order valence-corrected chi connectivity index (χ3v) is 4.59. The smallest absolute Gasteiger partial charge is 0.111 e. The molecule has 1 aromatic rings. The van der Waals surface area contributed by atoms with Crippen LogP contribution in [0.5, 0.6) is 0 Å². The molecule has 0 aromatic carbocycles. The van der Waals surface area contributed by atoms with E-state index >= 15 is 0 Å². The summed E-state index contributed by atoms with van der Waals surface area (Å²) in [6, 6.07) is 1.99.